The average molecular weight is 572 g/mol. The Hall–Kier alpha value is -3.17. The van der Waals surface area contributed by atoms with E-state index in [0.717, 1.165) is 9.98 Å². The number of carbonyl (C=O) groups excluding carboxylic acids is 3. The van der Waals surface area contributed by atoms with Crippen LogP contribution in [0, 0.1) is 0 Å². The Balaban J connectivity index is 1.77. The van der Waals surface area contributed by atoms with Gasteiger partial charge in [-0.15, -0.1) is 0 Å². The molecule has 12 heteroatoms. The van der Waals surface area contributed by atoms with Gasteiger partial charge in [0.25, 0.3) is 5.91 Å². The first-order valence-electron chi connectivity index (χ1n) is 10.3. The molecule has 3 aromatic carbocycles. The van der Waals surface area contributed by atoms with Gasteiger partial charge >= 0.3 is 11.9 Å². The number of carbonyl (C=O) groups is 3. The smallest absolute Gasteiger partial charge is 0.397 e. The van der Waals surface area contributed by atoms with Crippen molar-refractivity contribution in [2.24, 2.45) is 0 Å². The maximum absolute atomic E-state index is 12.8. The van der Waals surface area contributed by atoms with Gasteiger partial charge in [-0.25, -0.2) is 9.21 Å². The molecule has 0 aliphatic rings. The zero-order valence-electron chi connectivity index (χ0n) is 18.6. The normalized spacial score (nSPS) is 10.5. The maximum Gasteiger partial charge on any atom is 0.397 e. The highest BCUT2D eigenvalue weighted by Gasteiger charge is 2.21. The number of phenolic OH excluding ortho intramolecular Hbond substituents is 1. The first-order valence-corrected chi connectivity index (χ1v) is 11.8. The number of halogens is 4. The minimum atomic E-state index is -1.06. The second kappa shape index (κ2) is 12.2. The number of rotatable bonds is 7. The number of phenols is 1. The van der Waals surface area contributed by atoms with Crippen LogP contribution >= 0.6 is 46.6 Å². The average Bonchev–Trinajstić information content (AvgIpc) is 2.83. The largest absolute Gasteiger partial charge is 0.507 e. The topological polar surface area (TPSA) is 105 Å². The van der Waals surface area contributed by atoms with Crippen molar-refractivity contribution in [2.45, 2.75) is 13.5 Å². The molecule has 36 heavy (non-hydrogen) atoms. The van der Waals surface area contributed by atoms with Crippen LogP contribution in [0.5, 0.6) is 17.2 Å². The molecule has 0 fully saturated rings. The van der Waals surface area contributed by atoms with Gasteiger partial charge in [0.2, 0.25) is 0 Å². The first kappa shape index (κ1) is 27.4. The van der Waals surface area contributed by atoms with E-state index in [4.69, 9.17) is 51.3 Å². The van der Waals surface area contributed by atoms with Crippen LogP contribution in [0.25, 0.3) is 0 Å². The lowest BCUT2D eigenvalue weighted by atomic mass is 10.1. The zero-order chi connectivity index (χ0) is 26.4. The van der Waals surface area contributed by atoms with Crippen molar-refractivity contribution < 1.29 is 29.0 Å². The van der Waals surface area contributed by atoms with Crippen LogP contribution in [0.15, 0.2) is 54.6 Å². The number of anilines is 1. The van der Waals surface area contributed by atoms with E-state index in [1.807, 2.05) is 0 Å². The maximum atomic E-state index is 12.8. The number of aromatic hydroxyl groups is 1. The number of benzene rings is 3. The highest BCUT2D eigenvalue weighted by atomic mass is 35.5. The van der Waals surface area contributed by atoms with E-state index in [1.54, 1.807) is 31.2 Å². The summed E-state index contributed by atoms with van der Waals surface area (Å²) in [4.78, 5) is 36.2. The number of ether oxygens (including phenoxy) is 2. The lowest BCUT2D eigenvalue weighted by Crippen LogP contribution is -2.24. The third-order valence-electron chi connectivity index (χ3n) is 4.59. The second-order valence-corrected chi connectivity index (χ2v) is 8.84. The molecule has 0 saturated carbocycles. The van der Waals surface area contributed by atoms with E-state index in [9.17, 15) is 19.5 Å². The molecule has 0 spiro atoms. The van der Waals surface area contributed by atoms with Gasteiger partial charge < -0.3 is 19.9 Å². The molecule has 0 aromatic heterocycles. The standard InChI is InChI=1S/C24H18Cl4N2O6/c1-2-35-24(34)22(32)29-15-9-18(26)21(19(27)10-15)36-16-7-8-20(31)17(11-16)23(33)30(28)12-13-3-5-14(25)6-4-13/h3-11,31H,2,12H2,1H3,(H,29,32). The van der Waals surface area contributed by atoms with Crippen LogP contribution in [0.2, 0.25) is 15.1 Å². The summed E-state index contributed by atoms with van der Waals surface area (Å²) < 4.78 is 11.3. The van der Waals surface area contributed by atoms with Crippen LogP contribution in [0.3, 0.4) is 0 Å². The molecule has 0 heterocycles. The van der Waals surface area contributed by atoms with Gasteiger partial charge in [0.05, 0.1) is 28.8 Å². The van der Waals surface area contributed by atoms with Crippen molar-refractivity contribution in [3.63, 3.8) is 0 Å². The molecule has 0 aliphatic carbocycles. The van der Waals surface area contributed by atoms with Gasteiger partial charge in [-0.3, -0.25) is 9.59 Å². The summed E-state index contributed by atoms with van der Waals surface area (Å²) in [7, 11) is 0. The SMILES string of the molecule is CCOC(=O)C(=O)Nc1cc(Cl)c(Oc2ccc(O)c(C(=O)N(Cl)Cc3ccc(Cl)cc3)c2)c(Cl)c1. The van der Waals surface area contributed by atoms with E-state index < -0.39 is 17.8 Å². The molecule has 0 atom stereocenters. The summed E-state index contributed by atoms with van der Waals surface area (Å²) >= 11 is 24.6. The van der Waals surface area contributed by atoms with Gasteiger partial charge in [-0.1, -0.05) is 46.9 Å². The summed E-state index contributed by atoms with van der Waals surface area (Å²) in [6, 6.07) is 13.3. The lowest BCUT2D eigenvalue weighted by molar-refractivity contribution is -0.152. The highest BCUT2D eigenvalue weighted by molar-refractivity contribution is 6.39. The molecule has 2 N–H and O–H groups in total. The minimum absolute atomic E-state index is 0.00400. The van der Waals surface area contributed by atoms with Crippen LogP contribution in [0.4, 0.5) is 5.69 Å². The third kappa shape index (κ3) is 6.95. The molecule has 0 unspecified atom stereocenters. The molecule has 188 valence electrons. The molecular formula is C24H18Cl4N2O6. The molecule has 3 rings (SSSR count). The fraction of sp³-hybridized carbons (Fsp3) is 0.125. The Morgan fingerprint density at radius 2 is 1.61 bits per heavy atom. The first-order chi connectivity index (χ1) is 17.1. The monoisotopic (exact) mass is 570 g/mol. The number of amides is 2. The van der Waals surface area contributed by atoms with E-state index >= 15 is 0 Å². The van der Waals surface area contributed by atoms with Crippen LogP contribution < -0.4 is 10.1 Å². The summed E-state index contributed by atoms with van der Waals surface area (Å²) in [5, 5.41) is 13.1. The Morgan fingerprint density at radius 3 is 2.22 bits per heavy atom. The van der Waals surface area contributed by atoms with Crippen LogP contribution in [-0.4, -0.2) is 33.9 Å². The van der Waals surface area contributed by atoms with Crippen molar-refractivity contribution in [3.05, 3.63) is 80.8 Å². The van der Waals surface area contributed by atoms with Gasteiger partial charge in [0.1, 0.15) is 11.5 Å². The molecule has 0 aliphatic heterocycles. The molecule has 0 radical (unpaired) electrons. The molecule has 0 saturated heterocycles. The molecule has 0 bridgehead atoms. The number of hydrogen-bond acceptors (Lipinski definition) is 6. The number of esters is 1. The number of nitrogens with one attached hydrogen (secondary N) is 1. The van der Waals surface area contributed by atoms with Crippen molar-refractivity contribution in [1.82, 2.24) is 4.42 Å². The zero-order valence-corrected chi connectivity index (χ0v) is 21.6. The third-order valence-corrected chi connectivity index (χ3v) is 5.68. The molecule has 2 amide bonds. The fourth-order valence-corrected chi connectivity index (χ4v) is 3.85. The van der Waals surface area contributed by atoms with E-state index in [2.05, 4.69) is 10.1 Å². The van der Waals surface area contributed by atoms with Crippen LogP contribution in [0.1, 0.15) is 22.8 Å². The van der Waals surface area contributed by atoms with E-state index in [1.165, 1.54) is 30.3 Å². The molecule has 3 aromatic rings. The van der Waals surface area contributed by atoms with Crippen molar-refractivity contribution in [2.75, 3.05) is 11.9 Å². The fourth-order valence-electron chi connectivity index (χ4n) is 2.93. The van der Waals surface area contributed by atoms with Gasteiger partial charge in [0.15, 0.2) is 5.75 Å². The minimum Gasteiger partial charge on any atom is -0.507 e. The number of nitrogens with zero attached hydrogens (tertiary/aromatic N) is 1. The number of hydrogen-bond donors (Lipinski definition) is 2. The summed E-state index contributed by atoms with van der Waals surface area (Å²) in [6.07, 6.45) is 0. The van der Waals surface area contributed by atoms with Crippen molar-refractivity contribution in [1.29, 1.82) is 0 Å². The summed E-state index contributed by atoms with van der Waals surface area (Å²) in [5.74, 6) is -2.91. The summed E-state index contributed by atoms with van der Waals surface area (Å²) in [6.45, 7) is 1.66. The predicted molar refractivity (Wildman–Crippen MR) is 137 cm³/mol. The lowest BCUT2D eigenvalue weighted by Gasteiger charge is -2.16. The molecule has 8 nitrogen and oxygen atoms in total. The van der Waals surface area contributed by atoms with Crippen molar-refractivity contribution in [3.8, 4) is 17.2 Å². The van der Waals surface area contributed by atoms with Gasteiger partial charge in [0, 0.05) is 22.5 Å². The summed E-state index contributed by atoms with van der Waals surface area (Å²) in [5.41, 5.74) is 0.738. The van der Waals surface area contributed by atoms with Gasteiger partial charge in [-0.05, 0) is 55.0 Å². The Kier molecular flexibility index (Phi) is 9.28. The predicted octanol–water partition coefficient (Wildman–Crippen LogP) is 6.44. The van der Waals surface area contributed by atoms with E-state index in [-0.39, 0.29) is 51.7 Å². The Labute approximate surface area is 226 Å². The highest BCUT2D eigenvalue weighted by Crippen LogP contribution is 2.40. The quantitative estimate of drug-likeness (QED) is 0.192. The van der Waals surface area contributed by atoms with Crippen LogP contribution in [-0.2, 0) is 20.9 Å². The second-order valence-electron chi connectivity index (χ2n) is 7.18. The Bertz CT molecular complexity index is 1280. The van der Waals surface area contributed by atoms with Crippen molar-refractivity contribution >= 4 is 70.1 Å². The molecular weight excluding hydrogens is 554 g/mol. The van der Waals surface area contributed by atoms with E-state index in [0.29, 0.717) is 5.02 Å². The van der Waals surface area contributed by atoms with Gasteiger partial charge in [-0.2, -0.15) is 0 Å². The Morgan fingerprint density at radius 1 is 0.972 bits per heavy atom.